The van der Waals surface area contributed by atoms with Crippen molar-refractivity contribution in [1.29, 1.82) is 0 Å². The van der Waals surface area contributed by atoms with E-state index < -0.39 is 5.66 Å². The van der Waals surface area contributed by atoms with Gasteiger partial charge in [-0.25, -0.2) is 4.79 Å². The van der Waals surface area contributed by atoms with Crippen LogP contribution in [0.5, 0.6) is 0 Å². The van der Waals surface area contributed by atoms with Crippen molar-refractivity contribution in [1.82, 2.24) is 0 Å². The Morgan fingerprint density at radius 2 is 2.56 bits per heavy atom. The predicted molar refractivity (Wildman–Crippen MR) is 30.5 cm³/mol. The first-order valence-corrected chi connectivity index (χ1v) is 2.46. The topological polar surface area (TPSA) is 54.1 Å². The minimum atomic E-state index is -0.776. The molecule has 0 aromatic carbocycles. The molecule has 4 heteroatoms. The van der Waals surface area contributed by atoms with Gasteiger partial charge >= 0.3 is 0 Å². The van der Waals surface area contributed by atoms with E-state index >= 15 is 0 Å². The molecule has 1 atom stereocenters. The summed E-state index contributed by atoms with van der Waals surface area (Å²) in [6, 6.07) is 0. The van der Waals surface area contributed by atoms with Crippen molar-refractivity contribution < 1.29 is 4.79 Å². The molecular formula is C5H5N3O. The van der Waals surface area contributed by atoms with Crippen LogP contribution in [0.1, 0.15) is 6.92 Å². The summed E-state index contributed by atoms with van der Waals surface area (Å²) in [6.07, 6.45) is 4.54. The first-order chi connectivity index (χ1) is 4.27. The van der Waals surface area contributed by atoms with Gasteiger partial charge in [0, 0.05) is 6.20 Å². The largest absolute Gasteiger partial charge is 0.237 e. The number of aliphatic imine (C=N–C) groups is 1. The molecule has 0 N–H and O–H groups in total. The number of nitrogens with zero attached hydrogens (tertiary/aromatic N) is 3. The maximum Gasteiger partial charge on any atom is 0.237 e. The molecule has 9 heavy (non-hydrogen) atoms. The van der Waals surface area contributed by atoms with E-state index in [9.17, 15) is 4.79 Å². The van der Waals surface area contributed by atoms with E-state index in [2.05, 4.69) is 15.2 Å². The lowest BCUT2D eigenvalue weighted by Crippen LogP contribution is -2.10. The van der Waals surface area contributed by atoms with Gasteiger partial charge in [0.1, 0.15) is 0 Å². The molecule has 0 saturated carbocycles. The molecular weight excluding hydrogens is 118 g/mol. The Morgan fingerprint density at radius 3 is 3.00 bits per heavy atom. The maximum absolute atomic E-state index is 9.74. The van der Waals surface area contributed by atoms with Crippen molar-refractivity contribution in [3.05, 3.63) is 12.3 Å². The monoisotopic (exact) mass is 123 g/mol. The summed E-state index contributed by atoms with van der Waals surface area (Å²) in [5.74, 6) is 0. The molecule has 0 saturated heterocycles. The van der Waals surface area contributed by atoms with Gasteiger partial charge < -0.3 is 0 Å². The number of carbonyl (C=O) groups excluding carboxylic acids is 1. The Morgan fingerprint density at radius 1 is 1.78 bits per heavy atom. The summed E-state index contributed by atoms with van der Waals surface area (Å²) in [7, 11) is 0. The third-order valence-electron chi connectivity index (χ3n) is 0.989. The van der Waals surface area contributed by atoms with Crippen LogP contribution in [0, 0.1) is 0 Å². The Balaban J connectivity index is 2.87. The Hall–Kier alpha value is -1.28. The summed E-state index contributed by atoms with van der Waals surface area (Å²) >= 11 is 0. The van der Waals surface area contributed by atoms with Crippen molar-refractivity contribution in [2.24, 2.45) is 15.2 Å². The molecule has 46 valence electrons. The number of rotatable bonds is 1. The summed E-state index contributed by atoms with van der Waals surface area (Å²) in [5.41, 5.74) is -0.776. The lowest BCUT2D eigenvalue weighted by atomic mass is 10.2. The second-order valence-electron chi connectivity index (χ2n) is 1.83. The van der Waals surface area contributed by atoms with Crippen LogP contribution in [0.2, 0.25) is 0 Å². The van der Waals surface area contributed by atoms with Crippen LogP contribution >= 0.6 is 0 Å². The van der Waals surface area contributed by atoms with Crippen molar-refractivity contribution in [2.45, 2.75) is 12.6 Å². The minimum absolute atomic E-state index is 0.776. The van der Waals surface area contributed by atoms with E-state index in [0.29, 0.717) is 0 Å². The normalized spacial score (nSPS) is 30.3. The Bertz CT molecular complexity index is 200. The second-order valence-corrected chi connectivity index (χ2v) is 1.83. The van der Waals surface area contributed by atoms with Gasteiger partial charge in [-0.1, -0.05) is 0 Å². The number of azo groups is 1. The summed E-state index contributed by atoms with van der Waals surface area (Å²) in [6.45, 7) is 1.67. The van der Waals surface area contributed by atoms with E-state index in [4.69, 9.17) is 0 Å². The quantitative estimate of drug-likeness (QED) is 0.379. The minimum Gasteiger partial charge on any atom is -0.211 e. The van der Waals surface area contributed by atoms with Crippen LogP contribution < -0.4 is 0 Å². The van der Waals surface area contributed by atoms with Gasteiger partial charge in [0.05, 0.1) is 0 Å². The molecule has 0 aliphatic carbocycles. The summed E-state index contributed by atoms with van der Waals surface area (Å²) in [5, 5.41) is 7.17. The van der Waals surface area contributed by atoms with Crippen molar-refractivity contribution in [2.75, 3.05) is 0 Å². The summed E-state index contributed by atoms with van der Waals surface area (Å²) < 4.78 is 0. The average Bonchev–Trinajstić information content (AvgIpc) is 2.16. The van der Waals surface area contributed by atoms with Gasteiger partial charge in [-0.2, -0.15) is 15.2 Å². The van der Waals surface area contributed by atoms with Gasteiger partial charge in [0.15, 0.2) is 5.66 Å². The molecule has 0 bridgehead atoms. The zero-order valence-corrected chi connectivity index (χ0v) is 4.90. The zero-order chi connectivity index (χ0) is 6.74. The fourth-order valence-corrected chi connectivity index (χ4v) is 0.510. The van der Waals surface area contributed by atoms with Crippen LogP contribution in [0.4, 0.5) is 0 Å². The lowest BCUT2D eigenvalue weighted by molar-refractivity contribution is 0.543. The molecule has 0 aromatic rings. The highest BCUT2D eigenvalue weighted by atomic mass is 16.1. The molecule has 1 heterocycles. The van der Waals surface area contributed by atoms with E-state index in [1.807, 2.05) is 0 Å². The van der Waals surface area contributed by atoms with E-state index in [-0.39, 0.29) is 0 Å². The molecule has 0 fully saturated rings. The zero-order valence-electron chi connectivity index (χ0n) is 4.90. The number of hydrogen-bond acceptors (Lipinski definition) is 4. The molecule has 0 amide bonds. The molecule has 1 aliphatic heterocycles. The molecule has 1 aliphatic rings. The highest BCUT2D eigenvalue weighted by Gasteiger charge is 2.20. The van der Waals surface area contributed by atoms with Gasteiger partial charge in [-0.3, -0.25) is 0 Å². The molecule has 0 radical (unpaired) electrons. The fraction of sp³-hybridized carbons (Fsp3) is 0.400. The van der Waals surface area contributed by atoms with E-state index in [1.165, 1.54) is 12.3 Å². The number of hydrogen-bond donors (Lipinski definition) is 0. The predicted octanol–water partition coefficient (Wildman–Crippen LogP) is 1.02. The highest BCUT2D eigenvalue weighted by Crippen LogP contribution is 2.18. The highest BCUT2D eigenvalue weighted by molar-refractivity contribution is 5.36. The molecule has 1 rings (SSSR count). The van der Waals surface area contributed by atoms with Crippen molar-refractivity contribution in [3.8, 4) is 0 Å². The maximum atomic E-state index is 9.74. The third kappa shape index (κ3) is 1.09. The second kappa shape index (κ2) is 1.91. The van der Waals surface area contributed by atoms with E-state index in [0.717, 1.165) is 0 Å². The Labute approximate surface area is 52.0 Å². The van der Waals surface area contributed by atoms with Gasteiger partial charge in [0.2, 0.25) is 6.08 Å². The van der Waals surface area contributed by atoms with E-state index in [1.54, 1.807) is 13.0 Å². The van der Waals surface area contributed by atoms with Crippen LogP contribution in [-0.4, -0.2) is 11.7 Å². The molecule has 1 unspecified atom stereocenters. The smallest absolute Gasteiger partial charge is 0.211 e. The van der Waals surface area contributed by atoms with Crippen molar-refractivity contribution >= 4 is 6.08 Å². The summed E-state index contributed by atoms with van der Waals surface area (Å²) in [4.78, 5) is 13.1. The molecule has 4 nitrogen and oxygen atoms in total. The Kier molecular flexibility index (Phi) is 1.24. The van der Waals surface area contributed by atoms with Crippen LogP contribution in [0.3, 0.4) is 0 Å². The third-order valence-corrected chi connectivity index (χ3v) is 0.989. The van der Waals surface area contributed by atoms with Crippen LogP contribution in [-0.2, 0) is 4.79 Å². The average molecular weight is 123 g/mol. The first-order valence-electron chi connectivity index (χ1n) is 2.46. The standard InChI is InChI=1S/C5H5N3O/c1-5(6-4-9)2-3-7-8-5/h2-3H,1H3. The molecule has 0 aromatic heterocycles. The fourth-order valence-electron chi connectivity index (χ4n) is 0.510. The lowest BCUT2D eigenvalue weighted by Gasteiger charge is -2.04. The van der Waals surface area contributed by atoms with Crippen molar-refractivity contribution in [3.63, 3.8) is 0 Å². The van der Waals surface area contributed by atoms with Crippen LogP contribution in [0.25, 0.3) is 0 Å². The number of isocyanates is 1. The van der Waals surface area contributed by atoms with Crippen LogP contribution in [0.15, 0.2) is 27.5 Å². The van der Waals surface area contributed by atoms with Gasteiger partial charge in [-0.15, -0.1) is 0 Å². The molecule has 0 spiro atoms. The SMILES string of the molecule is CC1(N=C=O)C=CN=N1. The first kappa shape index (κ1) is 5.85. The van der Waals surface area contributed by atoms with Gasteiger partial charge in [0.25, 0.3) is 0 Å². The van der Waals surface area contributed by atoms with Gasteiger partial charge in [-0.05, 0) is 13.0 Å².